The van der Waals surface area contributed by atoms with Gasteiger partial charge in [0.2, 0.25) is 0 Å². The molecule has 1 N–H and O–H groups in total. The molecule has 0 spiro atoms. The fourth-order valence-electron chi connectivity index (χ4n) is 3.26. The Morgan fingerprint density at radius 2 is 2.12 bits per heavy atom. The van der Waals surface area contributed by atoms with Gasteiger partial charge in [0.1, 0.15) is 5.76 Å². The lowest BCUT2D eigenvalue weighted by molar-refractivity contribution is 0.215. The van der Waals surface area contributed by atoms with Crippen molar-refractivity contribution >= 4 is 0 Å². The molecule has 2 heterocycles. The molecule has 3 rings (SSSR count). The Balaban J connectivity index is 1.97. The van der Waals surface area contributed by atoms with E-state index < -0.39 is 0 Å². The van der Waals surface area contributed by atoms with E-state index in [0.29, 0.717) is 6.61 Å². The van der Waals surface area contributed by atoms with E-state index in [0.717, 1.165) is 55.4 Å². The molecule has 1 aliphatic rings. The zero-order valence-electron chi connectivity index (χ0n) is 14.5. The van der Waals surface area contributed by atoms with Crippen LogP contribution in [0.15, 0.2) is 41.0 Å². The molecule has 0 bridgehead atoms. The second kappa shape index (κ2) is 8.22. The standard InChI is InChI=1S/C19H26N2O3/c1-3-23-18-14-15(7-8-16(18)22-2)19(17-6-4-13-24-17)21-11-5-9-20-10-12-21/h4,6-8,13-14,19-20H,3,5,9-12H2,1-2H3. The van der Waals surface area contributed by atoms with E-state index >= 15 is 0 Å². The Hall–Kier alpha value is -1.98. The lowest BCUT2D eigenvalue weighted by Gasteiger charge is -2.29. The molecule has 0 radical (unpaired) electrons. The number of nitrogens with one attached hydrogen (secondary N) is 1. The number of methoxy groups -OCH3 is 1. The summed E-state index contributed by atoms with van der Waals surface area (Å²) in [5, 5.41) is 3.46. The van der Waals surface area contributed by atoms with Crippen molar-refractivity contribution in [3.8, 4) is 11.5 Å². The van der Waals surface area contributed by atoms with Gasteiger partial charge in [0.05, 0.1) is 26.0 Å². The van der Waals surface area contributed by atoms with E-state index in [4.69, 9.17) is 13.9 Å². The molecule has 0 amide bonds. The Bertz CT molecular complexity index is 620. The first-order valence-electron chi connectivity index (χ1n) is 8.62. The topological polar surface area (TPSA) is 46.9 Å². The Labute approximate surface area is 143 Å². The number of furan rings is 1. The molecule has 1 fully saturated rings. The number of ether oxygens (including phenoxy) is 2. The third kappa shape index (κ3) is 3.74. The minimum atomic E-state index is 0.0880. The van der Waals surface area contributed by atoms with Crippen LogP contribution in [0.2, 0.25) is 0 Å². The van der Waals surface area contributed by atoms with E-state index in [9.17, 15) is 0 Å². The van der Waals surface area contributed by atoms with Crippen LogP contribution in [-0.2, 0) is 0 Å². The number of hydrogen-bond donors (Lipinski definition) is 1. The van der Waals surface area contributed by atoms with Crippen LogP contribution in [0.1, 0.15) is 30.7 Å². The highest BCUT2D eigenvalue weighted by atomic mass is 16.5. The molecule has 130 valence electrons. The van der Waals surface area contributed by atoms with Crippen molar-refractivity contribution in [3.05, 3.63) is 47.9 Å². The summed E-state index contributed by atoms with van der Waals surface area (Å²) in [5.41, 5.74) is 1.16. The largest absolute Gasteiger partial charge is 0.493 e. The first-order chi connectivity index (χ1) is 11.8. The molecule has 1 aromatic heterocycles. The Morgan fingerprint density at radius 3 is 2.88 bits per heavy atom. The fraction of sp³-hybridized carbons (Fsp3) is 0.474. The van der Waals surface area contributed by atoms with Gasteiger partial charge < -0.3 is 19.2 Å². The number of rotatable bonds is 6. The van der Waals surface area contributed by atoms with Crippen LogP contribution in [0.4, 0.5) is 0 Å². The summed E-state index contributed by atoms with van der Waals surface area (Å²) < 4.78 is 16.9. The summed E-state index contributed by atoms with van der Waals surface area (Å²) in [6, 6.07) is 10.2. The zero-order valence-corrected chi connectivity index (χ0v) is 14.5. The number of nitrogens with zero attached hydrogens (tertiary/aromatic N) is 1. The van der Waals surface area contributed by atoms with E-state index in [1.165, 1.54) is 0 Å². The minimum absolute atomic E-state index is 0.0880. The van der Waals surface area contributed by atoms with E-state index in [1.807, 2.05) is 25.1 Å². The van der Waals surface area contributed by atoms with Crippen molar-refractivity contribution in [1.82, 2.24) is 10.2 Å². The molecule has 24 heavy (non-hydrogen) atoms. The van der Waals surface area contributed by atoms with Gasteiger partial charge in [-0.25, -0.2) is 0 Å². The Kier molecular flexibility index (Phi) is 5.77. The first-order valence-corrected chi connectivity index (χ1v) is 8.62. The third-order valence-electron chi connectivity index (χ3n) is 4.36. The first kappa shape index (κ1) is 16.9. The maximum absolute atomic E-state index is 5.77. The quantitative estimate of drug-likeness (QED) is 0.882. The van der Waals surface area contributed by atoms with Gasteiger partial charge >= 0.3 is 0 Å². The highest BCUT2D eigenvalue weighted by Gasteiger charge is 2.26. The zero-order chi connectivity index (χ0) is 16.8. The predicted molar refractivity (Wildman–Crippen MR) is 93.8 cm³/mol. The van der Waals surface area contributed by atoms with Crippen LogP contribution in [0, 0.1) is 0 Å². The molecule has 5 nitrogen and oxygen atoms in total. The second-order valence-corrected chi connectivity index (χ2v) is 5.90. The highest BCUT2D eigenvalue weighted by Crippen LogP contribution is 2.35. The number of hydrogen-bond acceptors (Lipinski definition) is 5. The molecule has 1 atom stereocenters. The normalized spacial score (nSPS) is 17.2. The summed E-state index contributed by atoms with van der Waals surface area (Å²) in [7, 11) is 1.67. The van der Waals surface area contributed by atoms with Crippen LogP contribution in [0.25, 0.3) is 0 Å². The van der Waals surface area contributed by atoms with Crippen molar-refractivity contribution in [2.24, 2.45) is 0 Å². The van der Waals surface area contributed by atoms with Crippen molar-refractivity contribution < 1.29 is 13.9 Å². The lowest BCUT2D eigenvalue weighted by atomic mass is 10.0. The van der Waals surface area contributed by atoms with Crippen molar-refractivity contribution in [1.29, 1.82) is 0 Å². The maximum atomic E-state index is 5.77. The third-order valence-corrected chi connectivity index (χ3v) is 4.36. The molecule has 1 unspecified atom stereocenters. The minimum Gasteiger partial charge on any atom is -0.493 e. The smallest absolute Gasteiger partial charge is 0.161 e. The van der Waals surface area contributed by atoms with Crippen molar-refractivity contribution in [2.45, 2.75) is 19.4 Å². The van der Waals surface area contributed by atoms with Crippen LogP contribution in [0.3, 0.4) is 0 Å². The van der Waals surface area contributed by atoms with Crippen LogP contribution in [-0.4, -0.2) is 44.8 Å². The molecular formula is C19H26N2O3. The van der Waals surface area contributed by atoms with Crippen molar-refractivity contribution in [3.63, 3.8) is 0 Å². The maximum Gasteiger partial charge on any atom is 0.161 e. The fourth-order valence-corrected chi connectivity index (χ4v) is 3.26. The lowest BCUT2D eigenvalue weighted by Crippen LogP contribution is -2.32. The van der Waals surface area contributed by atoms with E-state index in [2.05, 4.69) is 22.3 Å². The summed E-state index contributed by atoms with van der Waals surface area (Å²) in [6.07, 6.45) is 2.87. The predicted octanol–water partition coefficient (Wildman–Crippen LogP) is 3.07. The Morgan fingerprint density at radius 1 is 1.21 bits per heavy atom. The van der Waals surface area contributed by atoms with Crippen LogP contribution < -0.4 is 14.8 Å². The molecule has 0 aliphatic carbocycles. The van der Waals surface area contributed by atoms with Gasteiger partial charge in [-0.3, -0.25) is 4.90 Å². The molecule has 2 aromatic rings. The van der Waals surface area contributed by atoms with Gasteiger partial charge in [0.25, 0.3) is 0 Å². The summed E-state index contributed by atoms with van der Waals surface area (Å²) >= 11 is 0. The highest BCUT2D eigenvalue weighted by molar-refractivity contribution is 5.45. The average Bonchev–Trinajstić information content (AvgIpc) is 2.99. The van der Waals surface area contributed by atoms with Gasteiger partial charge in [0.15, 0.2) is 11.5 Å². The van der Waals surface area contributed by atoms with Crippen LogP contribution >= 0.6 is 0 Å². The SMILES string of the molecule is CCOc1cc(C(c2ccco2)N2CCCNCC2)ccc1OC. The summed E-state index contributed by atoms with van der Waals surface area (Å²) in [4.78, 5) is 2.47. The van der Waals surface area contributed by atoms with Gasteiger partial charge in [0, 0.05) is 19.6 Å². The van der Waals surface area contributed by atoms with Gasteiger partial charge in [-0.05, 0) is 49.7 Å². The van der Waals surface area contributed by atoms with Crippen LogP contribution in [0.5, 0.6) is 11.5 Å². The molecule has 1 aliphatic heterocycles. The molecule has 1 aromatic carbocycles. The number of benzene rings is 1. The van der Waals surface area contributed by atoms with E-state index in [1.54, 1.807) is 13.4 Å². The molecular weight excluding hydrogens is 304 g/mol. The van der Waals surface area contributed by atoms with Gasteiger partial charge in [-0.15, -0.1) is 0 Å². The second-order valence-electron chi connectivity index (χ2n) is 5.90. The molecule has 1 saturated heterocycles. The van der Waals surface area contributed by atoms with Gasteiger partial charge in [-0.1, -0.05) is 6.07 Å². The van der Waals surface area contributed by atoms with E-state index in [-0.39, 0.29) is 6.04 Å². The summed E-state index contributed by atoms with van der Waals surface area (Å²) in [6.45, 7) is 6.67. The van der Waals surface area contributed by atoms with Crippen molar-refractivity contribution in [2.75, 3.05) is 39.9 Å². The van der Waals surface area contributed by atoms with Gasteiger partial charge in [-0.2, -0.15) is 0 Å². The molecule has 5 heteroatoms. The monoisotopic (exact) mass is 330 g/mol. The average molecular weight is 330 g/mol. The summed E-state index contributed by atoms with van der Waals surface area (Å²) in [5.74, 6) is 2.50. The molecule has 0 saturated carbocycles.